The van der Waals surface area contributed by atoms with Gasteiger partial charge in [0, 0.05) is 19.6 Å². The molecule has 6 nitrogen and oxygen atoms in total. The topological polar surface area (TPSA) is 68.2 Å². The Hall–Kier alpha value is -0.690. The second-order valence-corrected chi connectivity index (χ2v) is 3.91. The van der Waals surface area contributed by atoms with Gasteiger partial charge in [-0.2, -0.15) is 0 Å². The van der Waals surface area contributed by atoms with Crippen molar-refractivity contribution in [2.75, 3.05) is 53.2 Å². The summed E-state index contributed by atoms with van der Waals surface area (Å²) >= 11 is 0. The number of hydrogen-bond donors (Lipinski definition) is 1. The number of aliphatic hydroxyl groups excluding tert-OH is 1. The van der Waals surface area contributed by atoms with Crippen LogP contribution in [0.25, 0.3) is 0 Å². The van der Waals surface area contributed by atoms with Crippen LogP contribution in [-0.2, 0) is 19.0 Å². The molecule has 17 heavy (non-hydrogen) atoms. The van der Waals surface area contributed by atoms with E-state index in [1.807, 2.05) is 0 Å². The Morgan fingerprint density at radius 3 is 3.06 bits per heavy atom. The Morgan fingerprint density at radius 1 is 1.53 bits per heavy atom. The normalized spacial score (nSPS) is 21.4. The van der Waals surface area contributed by atoms with E-state index in [-0.39, 0.29) is 18.7 Å². The summed E-state index contributed by atoms with van der Waals surface area (Å²) in [5.74, 6) is -0.242. The third kappa shape index (κ3) is 5.97. The van der Waals surface area contributed by atoms with Crippen LogP contribution in [-0.4, -0.2) is 75.3 Å². The van der Waals surface area contributed by atoms with Crippen molar-refractivity contribution < 1.29 is 24.1 Å². The van der Waals surface area contributed by atoms with Crippen molar-refractivity contribution in [2.45, 2.75) is 12.5 Å². The Bertz CT molecular complexity index is 224. The first kappa shape index (κ1) is 14.4. The maximum Gasteiger partial charge on any atom is 0.308 e. The van der Waals surface area contributed by atoms with E-state index in [1.165, 1.54) is 7.11 Å². The van der Waals surface area contributed by atoms with E-state index in [4.69, 9.17) is 14.6 Å². The lowest BCUT2D eigenvalue weighted by Crippen LogP contribution is -2.44. The first-order valence-electron chi connectivity index (χ1n) is 5.85. The van der Waals surface area contributed by atoms with Crippen molar-refractivity contribution in [3.05, 3.63) is 0 Å². The van der Waals surface area contributed by atoms with Gasteiger partial charge in [-0.05, 0) is 0 Å². The molecule has 1 saturated heterocycles. The molecule has 0 spiro atoms. The third-order valence-electron chi connectivity index (χ3n) is 2.63. The molecular weight excluding hydrogens is 226 g/mol. The molecule has 0 aromatic heterocycles. The number of ether oxygens (including phenoxy) is 3. The van der Waals surface area contributed by atoms with Gasteiger partial charge in [-0.15, -0.1) is 0 Å². The molecular formula is C11H21NO5. The molecule has 0 bridgehead atoms. The monoisotopic (exact) mass is 247 g/mol. The lowest BCUT2D eigenvalue weighted by molar-refractivity contribution is -0.145. The lowest BCUT2D eigenvalue weighted by Gasteiger charge is -2.32. The molecule has 0 radical (unpaired) electrons. The second-order valence-electron chi connectivity index (χ2n) is 3.91. The van der Waals surface area contributed by atoms with Gasteiger partial charge >= 0.3 is 5.97 Å². The number of morpholine rings is 1. The van der Waals surface area contributed by atoms with Gasteiger partial charge in [0.25, 0.3) is 0 Å². The first-order chi connectivity index (χ1) is 8.26. The predicted molar refractivity (Wildman–Crippen MR) is 60.7 cm³/mol. The van der Waals surface area contributed by atoms with E-state index in [0.29, 0.717) is 26.2 Å². The number of esters is 1. The van der Waals surface area contributed by atoms with E-state index in [9.17, 15) is 4.79 Å². The summed E-state index contributed by atoms with van der Waals surface area (Å²) in [5.41, 5.74) is 0. The summed E-state index contributed by atoms with van der Waals surface area (Å²) in [6, 6.07) is 0. The number of carbonyl (C=O) groups excluding carboxylic acids is 1. The average Bonchev–Trinajstić information content (AvgIpc) is 2.35. The van der Waals surface area contributed by atoms with E-state index in [1.54, 1.807) is 0 Å². The molecule has 1 atom stereocenters. The fourth-order valence-electron chi connectivity index (χ4n) is 1.74. The number of aliphatic hydroxyl groups is 1. The smallest absolute Gasteiger partial charge is 0.308 e. The van der Waals surface area contributed by atoms with E-state index in [0.717, 1.165) is 19.6 Å². The van der Waals surface area contributed by atoms with Crippen LogP contribution < -0.4 is 0 Å². The summed E-state index contributed by atoms with van der Waals surface area (Å²) in [6.07, 6.45) is 0.207. The number of methoxy groups -OCH3 is 1. The molecule has 0 amide bonds. The Kier molecular flexibility index (Phi) is 7.11. The van der Waals surface area contributed by atoms with Crippen LogP contribution >= 0.6 is 0 Å². The maximum atomic E-state index is 11.1. The third-order valence-corrected chi connectivity index (χ3v) is 2.63. The minimum Gasteiger partial charge on any atom is -0.469 e. The van der Waals surface area contributed by atoms with Crippen LogP contribution in [0.4, 0.5) is 0 Å². The molecule has 100 valence electrons. The van der Waals surface area contributed by atoms with Crippen LogP contribution in [0, 0.1) is 0 Å². The van der Waals surface area contributed by atoms with Crippen molar-refractivity contribution in [3.8, 4) is 0 Å². The summed E-state index contributed by atoms with van der Waals surface area (Å²) in [7, 11) is 1.38. The standard InChI is InChI=1S/C11H21NO5/c1-15-11(14)8-10-9-12(3-6-17-10)2-5-16-7-4-13/h10,13H,2-9H2,1H3. The van der Waals surface area contributed by atoms with Crippen molar-refractivity contribution in [1.82, 2.24) is 4.90 Å². The first-order valence-corrected chi connectivity index (χ1v) is 5.85. The van der Waals surface area contributed by atoms with E-state index < -0.39 is 0 Å². The SMILES string of the molecule is COC(=O)CC1CN(CCOCCO)CCO1. The Balaban J connectivity index is 2.17. The predicted octanol–water partition coefficient (Wildman–Crippen LogP) is -0.741. The molecule has 0 aromatic rings. The quantitative estimate of drug-likeness (QED) is 0.472. The molecule has 0 aliphatic carbocycles. The van der Waals surface area contributed by atoms with Gasteiger partial charge in [0.1, 0.15) is 0 Å². The number of nitrogens with zero attached hydrogens (tertiary/aromatic N) is 1. The van der Waals surface area contributed by atoms with Crippen molar-refractivity contribution in [2.24, 2.45) is 0 Å². The van der Waals surface area contributed by atoms with Crippen LogP contribution in [0.1, 0.15) is 6.42 Å². The molecule has 1 unspecified atom stereocenters. The van der Waals surface area contributed by atoms with Crippen LogP contribution in [0.2, 0.25) is 0 Å². The number of hydrogen-bond acceptors (Lipinski definition) is 6. The molecule has 1 fully saturated rings. The highest BCUT2D eigenvalue weighted by molar-refractivity contribution is 5.69. The summed E-state index contributed by atoms with van der Waals surface area (Å²) in [6.45, 7) is 4.00. The summed E-state index contributed by atoms with van der Waals surface area (Å²) < 4.78 is 15.3. The van der Waals surface area contributed by atoms with Crippen LogP contribution in [0.3, 0.4) is 0 Å². The maximum absolute atomic E-state index is 11.1. The largest absolute Gasteiger partial charge is 0.469 e. The molecule has 1 aliphatic rings. The minimum absolute atomic E-state index is 0.0497. The van der Waals surface area contributed by atoms with E-state index in [2.05, 4.69) is 9.64 Å². The molecule has 1 heterocycles. The Labute approximate surface area is 101 Å². The van der Waals surface area contributed by atoms with Gasteiger partial charge in [-0.3, -0.25) is 9.69 Å². The second kappa shape index (κ2) is 8.41. The fourth-order valence-corrected chi connectivity index (χ4v) is 1.74. The van der Waals surface area contributed by atoms with Crippen molar-refractivity contribution in [3.63, 3.8) is 0 Å². The van der Waals surface area contributed by atoms with Gasteiger partial charge in [-0.1, -0.05) is 0 Å². The molecule has 0 aromatic carbocycles. The van der Waals surface area contributed by atoms with Crippen LogP contribution in [0.15, 0.2) is 0 Å². The zero-order valence-corrected chi connectivity index (χ0v) is 10.3. The van der Waals surface area contributed by atoms with Gasteiger partial charge in [0.05, 0.1) is 46.1 Å². The van der Waals surface area contributed by atoms with Crippen molar-refractivity contribution in [1.29, 1.82) is 0 Å². The zero-order valence-electron chi connectivity index (χ0n) is 10.3. The van der Waals surface area contributed by atoms with Gasteiger partial charge in [0.15, 0.2) is 0 Å². The van der Waals surface area contributed by atoms with Crippen molar-refractivity contribution >= 4 is 5.97 Å². The minimum atomic E-state index is -0.242. The highest BCUT2D eigenvalue weighted by Crippen LogP contribution is 2.09. The molecule has 6 heteroatoms. The fraction of sp³-hybridized carbons (Fsp3) is 0.909. The molecule has 1 N–H and O–H groups in total. The summed E-state index contributed by atoms with van der Waals surface area (Å²) in [4.78, 5) is 13.3. The van der Waals surface area contributed by atoms with E-state index >= 15 is 0 Å². The summed E-state index contributed by atoms with van der Waals surface area (Å²) in [5, 5.41) is 8.56. The zero-order chi connectivity index (χ0) is 12.5. The number of rotatable bonds is 7. The molecule has 1 aliphatic heterocycles. The molecule has 1 rings (SSSR count). The lowest BCUT2D eigenvalue weighted by atomic mass is 10.2. The highest BCUT2D eigenvalue weighted by atomic mass is 16.5. The highest BCUT2D eigenvalue weighted by Gasteiger charge is 2.22. The van der Waals surface area contributed by atoms with Gasteiger partial charge in [-0.25, -0.2) is 0 Å². The Morgan fingerprint density at radius 2 is 2.35 bits per heavy atom. The van der Waals surface area contributed by atoms with Gasteiger partial charge in [0.2, 0.25) is 0 Å². The average molecular weight is 247 g/mol. The van der Waals surface area contributed by atoms with Crippen LogP contribution in [0.5, 0.6) is 0 Å². The molecule has 0 saturated carbocycles. The van der Waals surface area contributed by atoms with Gasteiger partial charge < -0.3 is 19.3 Å². The number of carbonyl (C=O) groups is 1.